The van der Waals surface area contributed by atoms with Crippen molar-refractivity contribution in [3.63, 3.8) is 0 Å². The number of carbonyl (C=O) groups excluding carboxylic acids is 1. The van der Waals surface area contributed by atoms with Crippen LogP contribution in [0.1, 0.15) is 36.4 Å². The largest absolute Gasteiger partial charge is 0.396 e. The van der Waals surface area contributed by atoms with Gasteiger partial charge in [0.05, 0.1) is 16.3 Å². The van der Waals surface area contributed by atoms with E-state index >= 15 is 0 Å². The van der Waals surface area contributed by atoms with Gasteiger partial charge in [-0.05, 0) is 12.8 Å². The second-order valence-electron chi connectivity index (χ2n) is 5.26. The fraction of sp³-hybridized carbons (Fsp3) is 0.615. The van der Waals surface area contributed by atoms with E-state index in [1.54, 1.807) is 6.92 Å². The first-order valence-corrected chi connectivity index (χ1v) is 9.41. The van der Waals surface area contributed by atoms with Gasteiger partial charge in [0.15, 0.2) is 15.6 Å². The van der Waals surface area contributed by atoms with E-state index in [-0.39, 0.29) is 28.2 Å². The summed E-state index contributed by atoms with van der Waals surface area (Å²) in [5, 5.41) is 0.589. The SMILES string of the molecule is CCS(=O)(=O)c1c(N2CCC(N)CC2)sc(C(C)=O)c1N. The molecule has 0 unspecified atom stereocenters. The van der Waals surface area contributed by atoms with Crippen LogP contribution in [0.3, 0.4) is 0 Å². The fourth-order valence-electron chi connectivity index (χ4n) is 2.43. The highest BCUT2D eigenvalue weighted by Crippen LogP contribution is 2.43. The van der Waals surface area contributed by atoms with Gasteiger partial charge in [-0.25, -0.2) is 8.42 Å². The van der Waals surface area contributed by atoms with Crippen LogP contribution in [0.5, 0.6) is 0 Å². The van der Waals surface area contributed by atoms with E-state index in [4.69, 9.17) is 11.5 Å². The van der Waals surface area contributed by atoms with Crippen molar-refractivity contribution in [2.45, 2.75) is 37.6 Å². The van der Waals surface area contributed by atoms with Crippen LogP contribution in [-0.2, 0) is 9.84 Å². The molecule has 2 rings (SSSR count). The lowest BCUT2D eigenvalue weighted by atomic mass is 10.1. The van der Waals surface area contributed by atoms with E-state index in [9.17, 15) is 13.2 Å². The maximum absolute atomic E-state index is 12.3. The molecule has 21 heavy (non-hydrogen) atoms. The number of piperidine rings is 1. The summed E-state index contributed by atoms with van der Waals surface area (Å²) < 4.78 is 24.7. The minimum atomic E-state index is -3.47. The molecule has 2 heterocycles. The zero-order valence-electron chi connectivity index (χ0n) is 12.3. The molecule has 1 aliphatic rings. The quantitative estimate of drug-likeness (QED) is 0.804. The van der Waals surface area contributed by atoms with Crippen molar-refractivity contribution in [1.29, 1.82) is 0 Å². The van der Waals surface area contributed by atoms with E-state index in [0.717, 1.165) is 12.8 Å². The van der Waals surface area contributed by atoms with Gasteiger partial charge >= 0.3 is 0 Å². The molecule has 0 bridgehead atoms. The number of rotatable bonds is 4. The number of hydrogen-bond acceptors (Lipinski definition) is 7. The maximum Gasteiger partial charge on any atom is 0.183 e. The standard InChI is InChI=1S/C13H21N3O3S2/c1-3-21(18,19)12-10(15)11(8(2)17)20-13(12)16-6-4-9(14)5-7-16/h9H,3-7,14-15H2,1-2H3. The highest BCUT2D eigenvalue weighted by Gasteiger charge is 2.31. The van der Waals surface area contributed by atoms with Crippen molar-refractivity contribution in [3.8, 4) is 0 Å². The summed E-state index contributed by atoms with van der Waals surface area (Å²) in [5.41, 5.74) is 11.9. The average molecular weight is 331 g/mol. The van der Waals surface area contributed by atoms with Gasteiger partial charge in [-0.15, -0.1) is 11.3 Å². The Hall–Kier alpha value is -1.12. The van der Waals surface area contributed by atoms with Crippen molar-refractivity contribution < 1.29 is 13.2 Å². The second-order valence-corrected chi connectivity index (χ2v) is 8.48. The summed E-state index contributed by atoms with van der Waals surface area (Å²) in [7, 11) is -3.47. The first-order chi connectivity index (χ1) is 9.77. The molecular weight excluding hydrogens is 310 g/mol. The summed E-state index contributed by atoms with van der Waals surface area (Å²) >= 11 is 1.18. The Morgan fingerprint density at radius 1 is 1.38 bits per heavy atom. The number of nitrogens with zero attached hydrogens (tertiary/aromatic N) is 1. The molecule has 0 aromatic carbocycles. The number of nitrogens with two attached hydrogens (primary N) is 2. The van der Waals surface area contributed by atoms with Crippen LogP contribution in [0.25, 0.3) is 0 Å². The Balaban J connectivity index is 2.54. The van der Waals surface area contributed by atoms with Crippen LogP contribution in [0, 0.1) is 0 Å². The van der Waals surface area contributed by atoms with E-state index in [2.05, 4.69) is 0 Å². The molecule has 1 aromatic heterocycles. The molecule has 1 aliphatic heterocycles. The fourth-order valence-corrected chi connectivity index (χ4v) is 5.19. The molecule has 1 aromatic rings. The summed E-state index contributed by atoms with van der Waals surface area (Å²) in [4.78, 5) is 14.1. The van der Waals surface area contributed by atoms with Crippen LogP contribution in [0.4, 0.5) is 10.7 Å². The topological polar surface area (TPSA) is 106 Å². The number of nitrogen functional groups attached to an aromatic ring is 1. The third kappa shape index (κ3) is 3.07. The van der Waals surface area contributed by atoms with E-state index in [1.807, 2.05) is 4.90 Å². The van der Waals surface area contributed by atoms with Gasteiger partial charge in [0, 0.05) is 26.1 Å². The summed E-state index contributed by atoms with van der Waals surface area (Å²) in [5.74, 6) is -0.240. The molecule has 6 nitrogen and oxygen atoms in total. The third-order valence-corrected chi connectivity index (χ3v) is 7.01. The number of thiophene rings is 1. The molecule has 1 saturated heterocycles. The van der Waals surface area contributed by atoms with Crippen molar-refractivity contribution >= 4 is 37.6 Å². The van der Waals surface area contributed by atoms with Crippen LogP contribution < -0.4 is 16.4 Å². The summed E-state index contributed by atoms with van der Waals surface area (Å²) in [6.45, 7) is 4.35. The second kappa shape index (κ2) is 5.94. The lowest BCUT2D eigenvalue weighted by Gasteiger charge is -2.31. The molecule has 0 radical (unpaired) electrons. The van der Waals surface area contributed by atoms with Gasteiger partial charge in [0.2, 0.25) is 0 Å². The average Bonchev–Trinajstić information content (AvgIpc) is 2.78. The molecule has 0 amide bonds. The molecule has 0 aliphatic carbocycles. The van der Waals surface area contributed by atoms with Crippen LogP contribution in [0.15, 0.2) is 4.90 Å². The Kier molecular flexibility index (Phi) is 4.60. The molecule has 0 saturated carbocycles. The van der Waals surface area contributed by atoms with Gasteiger partial charge in [-0.3, -0.25) is 4.79 Å². The Labute approximate surface area is 129 Å². The van der Waals surface area contributed by atoms with Gasteiger partial charge in [-0.2, -0.15) is 0 Å². The molecule has 118 valence electrons. The number of ketones is 1. The lowest BCUT2D eigenvalue weighted by Crippen LogP contribution is -2.39. The monoisotopic (exact) mass is 331 g/mol. The highest BCUT2D eigenvalue weighted by atomic mass is 32.2. The number of sulfone groups is 1. The predicted molar refractivity (Wildman–Crippen MR) is 85.9 cm³/mol. The molecular formula is C13H21N3O3S2. The predicted octanol–water partition coefficient (Wildman–Crippen LogP) is 1.25. The van der Waals surface area contributed by atoms with E-state index in [1.165, 1.54) is 18.3 Å². The van der Waals surface area contributed by atoms with Crippen LogP contribution in [0.2, 0.25) is 0 Å². The first-order valence-electron chi connectivity index (χ1n) is 6.94. The Bertz CT molecular complexity index is 644. The van der Waals surface area contributed by atoms with Crippen molar-refractivity contribution in [2.24, 2.45) is 5.73 Å². The molecule has 0 atom stereocenters. The van der Waals surface area contributed by atoms with Crippen LogP contribution >= 0.6 is 11.3 Å². The molecule has 1 fully saturated rings. The lowest BCUT2D eigenvalue weighted by molar-refractivity contribution is 0.102. The third-order valence-electron chi connectivity index (χ3n) is 3.72. The number of hydrogen-bond donors (Lipinski definition) is 2. The molecule has 4 N–H and O–H groups in total. The normalized spacial score (nSPS) is 17.2. The zero-order valence-corrected chi connectivity index (χ0v) is 13.9. The van der Waals surface area contributed by atoms with Gasteiger partial charge in [-0.1, -0.05) is 6.92 Å². The van der Waals surface area contributed by atoms with Gasteiger partial charge < -0.3 is 16.4 Å². The van der Waals surface area contributed by atoms with Gasteiger partial charge in [0.25, 0.3) is 0 Å². The van der Waals surface area contributed by atoms with E-state index in [0.29, 0.717) is 23.0 Å². The number of anilines is 2. The first kappa shape index (κ1) is 16.3. The van der Waals surface area contributed by atoms with Crippen molar-refractivity contribution in [3.05, 3.63) is 4.88 Å². The smallest absolute Gasteiger partial charge is 0.183 e. The van der Waals surface area contributed by atoms with Crippen molar-refractivity contribution in [1.82, 2.24) is 0 Å². The Morgan fingerprint density at radius 3 is 2.43 bits per heavy atom. The summed E-state index contributed by atoms with van der Waals surface area (Å²) in [6.07, 6.45) is 1.61. The molecule has 0 spiro atoms. The minimum absolute atomic E-state index is 0.0361. The van der Waals surface area contributed by atoms with Crippen LogP contribution in [-0.4, -0.2) is 39.1 Å². The summed E-state index contributed by atoms with van der Waals surface area (Å²) in [6, 6.07) is 0.150. The Morgan fingerprint density at radius 2 is 1.95 bits per heavy atom. The number of Topliss-reactive ketones (excluding diaryl/α,β-unsaturated/α-hetero) is 1. The maximum atomic E-state index is 12.3. The van der Waals surface area contributed by atoms with Gasteiger partial charge in [0.1, 0.15) is 9.90 Å². The zero-order chi connectivity index (χ0) is 15.8. The minimum Gasteiger partial charge on any atom is -0.396 e. The highest BCUT2D eigenvalue weighted by molar-refractivity contribution is 7.92. The van der Waals surface area contributed by atoms with Crippen molar-refractivity contribution in [2.75, 3.05) is 29.5 Å². The number of carbonyl (C=O) groups is 1. The molecule has 8 heteroatoms. The van der Waals surface area contributed by atoms with E-state index < -0.39 is 9.84 Å².